The topological polar surface area (TPSA) is 66.8 Å². The van der Waals surface area contributed by atoms with Crippen LogP contribution in [-0.2, 0) is 16.0 Å². The van der Waals surface area contributed by atoms with Crippen molar-refractivity contribution >= 4 is 27.6 Å². The number of benzene rings is 2. The molecule has 1 N–H and O–H groups in total. The third-order valence-electron chi connectivity index (χ3n) is 4.74. The van der Waals surface area contributed by atoms with E-state index in [1.807, 2.05) is 55.5 Å². The maximum atomic E-state index is 12.7. The SMILES string of the molecule is CCOc1ccc(CCN2C(=O)C(O)=C(C(C)=O)C2c2ccc(Br)cc2)cc1. The summed E-state index contributed by atoms with van der Waals surface area (Å²) >= 11 is 3.40. The molecule has 6 heteroatoms. The zero-order chi connectivity index (χ0) is 20.3. The number of carbonyl (C=O) groups excluding carboxylic acids is 2. The van der Waals surface area contributed by atoms with Crippen LogP contribution in [0.25, 0.3) is 0 Å². The number of hydrogen-bond donors (Lipinski definition) is 1. The quantitative estimate of drug-likeness (QED) is 0.689. The van der Waals surface area contributed by atoms with Crippen molar-refractivity contribution in [1.29, 1.82) is 0 Å². The number of halogens is 1. The van der Waals surface area contributed by atoms with Crippen LogP contribution in [0.2, 0.25) is 0 Å². The number of ketones is 1. The van der Waals surface area contributed by atoms with Gasteiger partial charge in [-0.3, -0.25) is 9.59 Å². The van der Waals surface area contributed by atoms with E-state index in [9.17, 15) is 14.7 Å². The van der Waals surface area contributed by atoms with E-state index in [0.717, 1.165) is 21.3 Å². The van der Waals surface area contributed by atoms with E-state index in [2.05, 4.69) is 15.9 Å². The fourth-order valence-corrected chi connectivity index (χ4v) is 3.67. The van der Waals surface area contributed by atoms with E-state index in [4.69, 9.17) is 4.74 Å². The van der Waals surface area contributed by atoms with Gasteiger partial charge in [0.25, 0.3) is 5.91 Å². The van der Waals surface area contributed by atoms with Crippen molar-refractivity contribution in [2.45, 2.75) is 26.3 Å². The first-order valence-electron chi connectivity index (χ1n) is 9.14. The molecule has 1 atom stereocenters. The Bertz CT molecular complexity index is 903. The highest BCUT2D eigenvalue weighted by Crippen LogP contribution is 2.38. The van der Waals surface area contributed by atoms with Crippen molar-refractivity contribution < 1.29 is 19.4 Å². The van der Waals surface area contributed by atoms with Gasteiger partial charge in [-0.1, -0.05) is 40.2 Å². The molecule has 0 bridgehead atoms. The number of amides is 1. The van der Waals surface area contributed by atoms with E-state index < -0.39 is 17.7 Å². The van der Waals surface area contributed by atoms with Crippen LogP contribution in [0.15, 0.2) is 64.3 Å². The highest BCUT2D eigenvalue weighted by atomic mass is 79.9. The van der Waals surface area contributed by atoms with Gasteiger partial charge >= 0.3 is 0 Å². The number of hydrogen-bond acceptors (Lipinski definition) is 4. The van der Waals surface area contributed by atoms with Crippen LogP contribution in [0.5, 0.6) is 5.75 Å². The van der Waals surface area contributed by atoms with E-state index in [0.29, 0.717) is 19.6 Å². The molecule has 0 aliphatic carbocycles. The monoisotopic (exact) mass is 443 g/mol. The van der Waals surface area contributed by atoms with Crippen LogP contribution in [0.4, 0.5) is 0 Å². The maximum Gasteiger partial charge on any atom is 0.290 e. The molecular weight excluding hydrogens is 422 g/mol. The Labute approximate surface area is 172 Å². The van der Waals surface area contributed by atoms with Crippen molar-refractivity contribution in [2.24, 2.45) is 0 Å². The number of rotatable bonds is 7. The number of aliphatic hydroxyl groups is 1. The Kier molecular flexibility index (Phi) is 6.19. The largest absolute Gasteiger partial charge is 0.503 e. The first kappa shape index (κ1) is 20.1. The minimum absolute atomic E-state index is 0.152. The minimum Gasteiger partial charge on any atom is -0.503 e. The molecule has 1 aliphatic heterocycles. The molecule has 3 rings (SSSR count). The summed E-state index contributed by atoms with van der Waals surface area (Å²) in [5.41, 5.74) is 1.98. The van der Waals surface area contributed by atoms with E-state index >= 15 is 0 Å². The van der Waals surface area contributed by atoms with E-state index in [1.165, 1.54) is 6.92 Å². The minimum atomic E-state index is -0.583. The molecule has 0 aromatic heterocycles. The second-order valence-electron chi connectivity index (χ2n) is 6.60. The molecule has 0 spiro atoms. The normalized spacial score (nSPS) is 16.6. The highest BCUT2D eigenvalue weighted by Gasteiger charge is 2.41. The molecule has 2 aromatic carbocycles. The lowest BCUT2D eigenvalue weighted by Crippen LogP contribution is -2.32. The molecule has 1 aliphatic rings. The third kappa shape index (κ3) is 4.12. The van der Waals surface area contributed by atoms with Gasteiger partial charge < -0.3 is 14.7 Å². The van der Waals surface area contributed by atoms with Crippen LogP contribution >= 0.6 is 15.9 Å². The smallest absolute Gasteiger partial charge is 0.290 e. The summed E-state index contributed by atoms with van der Waals surface area (Å²) in [6.45, 7) is 4.30. The zero-order valence-corrected chi connectivity index (χ0v) is 17.4. The molecule has 146 valence electrons. The lowest BCUT2D eigenvalue weighted by molar-refractivity contribution is -0.129. The zero-order valence-electron chi connectivity index (χ0n) is 15.8. The highest BCUT2D eigenvalue weighted by molar-refractivity contribution is 9.10. The summed E-state index contributed by atoms with van der Waals surface area (Å²) in [5.74, 6) is -0.465. The van der Waals surface area contributed by atoms with Gasteiger partial charge in [0.2, 0.25) is 0 Å². The molecule has 1 unspecified atom stereocenters. The van der Waals surface area contributed by atoms with Gasteiger partial charge in [-0.15, -0.1) is 0 Å². The fourth-order valence-electron chi connectivity index (χ4n) is 3.40. The maximum absolute atomic E-state index is 12.7. The standard InChI is InChI=1S/C22H22BrNO4/c1-3-28-18-10-4-15(5-11-18)12-13-24-20(16-6-8-17(23)9-7-16)19(14(2)25)21(26)22(24)27/h4-11,20,26H,3,12-13H2,1-2H3. The Morgan fingerprint density at radius 3 is 2.36 bits per heavy atom. The number of nitrogens with zero attached hydrogens (tertiary/aromatic N) is 1. The molecule has 1 amide bonds. The molecule has 0 radical (unpaired) electrons. The van der Waals surface area contributed by atoms with Gasteiger partial charge in [-0.25, -0.2) is 0 Å². The molecular formula is C22H22BrNO4. The predicted octanol–water partition coefficient (Wildman–Crippen LogP) is 4.37. The number of aliphatic hydroxyl groups excluding tert-OH is 1. The van der Waals surface area contributed by atoms with Crippen molar-refractivity contribution in [3.63, 3.8) is 0 Å². The van der Waals surface area contributed by atoms with Crippen LogP contribution in [0.3, 0.4) is 0 Å². The van der Waals surface area contributed by atoms with Crippen molar-refractivity contribution in [3.05, 3.63) is 75.5 Å². The molecule has 0 saturated carbocycles. The number of ether oxygens (including phenoxy) is 1. The van der Waals surface area contributed by atoms with Gasteiger partial charge in [0.15, 0.2) is 11.5 Å². The summed E-state index contributed by atoms with van der Waals surface area (Å²) in [4.78, 5) is 26.4. The molecule has 0 saturated heterocycles. The van der Waals surface area contributed by atoms with Crippen molar-refractivity contribution in [3.8, 4) is 5.75 Å². The first-order chi connectivity index (χ1) is 13.4. The van der Waals surface area contributed by atoms with Gasteiger partial charge in [-0.05, 0) is 55.7 Å². The molecule has 5 nitrogen and oxygen atoms in total. The lowest BCUT2D eigenvalue weighted by atomic mass is 9.96. The van der Waals surface area contributed by atoms with Crippen LogP contribution in [0.1, 0.15) is 31.0 Å². The van der Waals surface area contributed by atoms with Crippen LogP contribution in [0, 0.1) is 0 Å². The fraction of sp³-hybridized carbons (Fsp3) is 0.273. The summed E-state index contributed by atoms with van der Waals surface area (Å²) in [5, 5.41) is 10.3. The van der Waals surface area contributed by atoms with Crippen molar-refractivity contribution in [1.82, 2.24) is 4.90 Å². The molecule has 0 fully saturated rings. The molecule has 2 aromatic rings. The summed E-state index contributed by atoms with van der Waals surface area (Å²) < 4.78 is 6.35. The van der Waals surface area contributed by atoms with Gasteiger partial charge in [-0.2, -0.15) is 0 Å². The average Bonchev–Trinajstić information content (AvgIpc) is 2.93. The summed E-state index contributed by atoms with van der Waals surface area (Å²) in [7, 11) is 0. The van der Waals surface area contributed by atoms with Gasteiger partial charge in [0.05, 0.1) is 18.2 Å². The third-order valence-corrected chi connectivity index (χ3v) is 5.27. The summed E-state index contributed by atoms with van der Waals surface area (Å²) in [6.07, 6.45) is 0.601. The first-order valence-corrected chi connectivity index (χ1v) is 9.94. The van der Waals surface area contributed by atoms with E-state index in [-0.39, 0.29) is 11.4 Å². The lowest BCUT2D eigenvalue weighted by Gasteiger charge is -2.26. The van der Waals surface area contributed by atoms with Gasteiger partial charge in [0.1, 0.15) is 5.75 Å². The Hall–Kier alpha value is -2.60. The van der Waals surface area contributed by atoms with Crippen LogP contribution in [-0.4, -0.2) is 34.8 Å². The Morgan fingerprint density at radius 2 is 1.79 bits per heavy atom. The molecule has 1 heterocycles. The Morgan fingerprint density at radius 1 is 1.14 bits per heavy atom. The second kappa shape index (κ2) is 8.61. The molecule has 28 heavy (non-hydrogen) atoms. The Balaban J connectivity index is 1.84. The number of Topliss-reactive ketones (excluding diaryl/α,β-unsaturated/α-hetero) is 1. The predicted molar refractivity (Wildman–Crippen MR) is 110 cm³/mol. The van der Waals surface area contributed by atoms with Crippen LogP contribution < -0.4 is 4.74 Å². The average molecular weight is 444 g/mol. The summed E-state index contributed by atoms with van der Waals surface area (Å²) in [6, 6.07) is 14.6. The number of carbonyl (C=O) groups is 2. The second-order valence-corrected chi connectivity index (χ2v) is 7.51. The van der Waals surface area contributed by atoms with E-state index in [1.54, 1.807) is 4.90 Å². The van der Waals surface area contributed by atoms with Gasteiger partial charge in [0, 0.05) is 11.0 Å². The van der Waals surface area contributed by atoms with Crippen molar-refractivity contribution in [2.75, 3.05) is 13.2 Å².